The van der Waals surface area contributed by atoms with Crippen LogP contribution >= 0.6 is 11.6 Å². The third-order valence-corrected chi connectivity index (χ3v) is 9.05. The van der Waals surface area contributed by atoms with Gasteiger partial charge in [-0.25, -0.2) is 8.42 Å². The molecular weight excluding hydrogens is 562 g/mol. The molecular formula is C31H38ClN3O5S. The molecule has 0 radical (unpaired) electrons. The van der Waals surface area contributed by atoms with Crippen molar-refractivity contribution in [3.63, 3.8) is 0 Å². The molecule has 220 valence electrons. The molecule has 41 heavy (non-hydrogen) atoms. The number of hydrogen-bond donors (Lipinski definition) is 1. The Hall–Kier alpha value is -3.56. The second-order valence-corrected chi connectivity index (χ2v) is 12.2. The first-order valence-electron chi connectivity index (χ1n) is 13.5. The van der Waals surface area contributed by atoms with E-state index in [9.17, 15) is 18.0 Å². The number of rotatable bonds is 13. The number of nitrogens with zero attached hydrogens (tertiary/aromatic N) is 2. The molecule has 0 spiro atoms. The number of amides is 2. The second-order valence-electron chi connectivity index (χ2n) is 9.96. The number of anilines is 1. The fourth-order valence-electron chi connectivity index (χ4n) is 4.21. The summed E-state index contributed by atoms with van der Waals surface area (Å²) < 4.78 is 34.1. The number of ether oxygens (including phenoxy) is 1. The summed E-state index contributed by atoms with van der Waals surface area (Å²) in [7, 11) is -2.73. The maximum atomic E-state index is 14.0. The van der Waals surface area contributed by atoms with Gasteiger partial charge in [0.25, 0.3) is 10.0 Å². The van der Waals surface area contributed by atoms with Crippen LogP contribution in [-0.4, -0.2) is 57.4 Å². The van der Waals surface area contributed by atoms with Crippen molar-refractivity contribution in [2.45, 2.75) is 57.5 Å². The molecule has 1 N–H and O–H groups in total. The summed E-state index contributed by atoms with van der Waals surface area (Å²) in [5.41, 5.74) is 2.09. The Morgan fingerprint density at radius 1 is 1.00 bits per heavy atom. The summed E-state index contributed by atoms with van der Waals surface area (Å²) in [6, 6.07) is 19.6. The minimum absolute atomic E-state index is 0.0289. The number of methoxy groups -OCH3 is 1. The standard InChI is InChI=1S/C31H38ClN3O5S/c1-6-23(3)33-31(37)24(4)34(19-18-25-10-8-7-9-11-25)30(36)21-35(26-14-17-29(40-5)28(32)20-26)41(38,39)27-15-12-22(2)13-16-27/h7-17,20,23-24H,6,18-19,21H2,1-5H3,(H,33,37)/t23-,24+/m1/s1. The zero-order chi connectivity index (χ0) is 30.2. The number of carbonyl (C=O) groups excluding carboxylic acids is 2. The number of benzene rings is 3. The molecule has 0 aliphatic carbocycles. The number of aryl methyl sites for hydroxylation is 1. The van der Waals surface area contributed by atoms with E-state index in [1.807, 2.05) is 51.1 Å². The number of sulfonamides is 1. The monoisotopic (exact) mass is 599 g/mol. The van der Waals surface area contributed by atoms with E-state index in [0.717, 1.165) is 21.9 Å². The van der Waals surface area contributed by atoms with E-state index in [4.69, 9.17) is 16.3 Å². The van der Waals surface area contributed by atoms with Crippen LogP contribution in [-0.2, 0) is 26.0 Å². The number of hydrogen-bond acceptors (Lipinski definition) is 5. The lowest BCUT2D eigenvalue weighted by Gasteiger charge is -2.32. The van der Waals surface area contributed by atoms with Gasteiger partial charge in [0, 0.05) is 12.6 Å². The quantitative estimate of drug-likeness (QED) is 0.290. The summed E-state index contributed by atoms with van der Waals surface area (Å²) in [5, 5.41) is 3.13. The van der Waals surface area contributed by atoms with Gasteiger partial charge in [-0.05, 0) is 69.5 Å². The Kier molecular flexibility index (Phi) is 11.2. The summed E-state index contributed by atoms with van der Waals surface area (Å²) in [4.78, 5) is 28.6. The average Bonchev–Trinajstić information content (AvgIpc) is 2.96. The van der Waals surface area contributed by atoms with Crippen molar-refractivity contribution >= 4 is 39.1 Å². The van der Waals surface area contributed by atoms with Gasteiger partial charge in [-0.1, -0.05) is 66.6 Å². The number of carbonyl (C=O) groups is 2. The van der Waals surface area contributed by atoms with Crippen LogP contribution in [0.4, 0.5) is 5.69 Å². The summed E-state index contributed by atoms with van der Waals surface area (Å²) in [5.74, 6) is -0.453. The lowest BCUT2D eigenvalue weighted by atomic mass is 10.1. The van der Waals surface area contributed by atoms with Crippen LogP contribution in [0, 0.1) is 6.92 Å². The highest BCUT2D eigenvalue weighted by Crippen LogP contribution is 2.32. The summed E-state index contributed by atoms with van der Waals surface area (Å²) >= 11 is 6.37. The molecule has 0 saturated heterocycles. The van der Waals surface area contributed by atoms with E-state index >= 15 is 0 Å². The van der Waals surface area contributed by atoms with Gasteiger partial charge >= 0.3 is 0 Å². The molecule has 0 aliphatic heterocycles. The highest BCUT2D eigenvalue weighted by Gasteiger charge is 2.33. The van der Waals surface area contributed by atoms with Crippen LogP contribution in [0.25, 0.3) is 0 Å². The van der Waals surface area contributed by atoms with Gasteiger partial charge in [-0.3, -0.25) is 13.9 Å². The maximum Gasteiger partial charge on any atom is 0.264 e. The van der Waals surface area contributed by atoms with Crippen LogP contribution in [0.5, 0.6) is 5.75 Å². The van der Waals surface area contributed by atoms with Gasteiger partial charge in [0.2, 0.25) is 11.8 Å². The zero-order valence-electron chi connectivity index (χ0n) is 24.1. The minimum Gasteiger partial charge on any atom is -0.495 e. The Labute approximate surface area is 248 Å². The Morgan fingerprint density at radius 3 is 2.24 bits per heavy atom. The lowest BCUT2D eigenvalue weighted by Crippen LogP contribution is -2.53. The smallest absolute Gasteiger partial charge is 0.264 e. The first kappa shape index (κ1) is 32.0. The molecule has 0 saturated carbocycles. The predicted octanol–water partition coefficient (Wildman–Crippen LogP) is 5.23. The van der Waals surface area contributed by atoms with E-state index in [-0.39, 0.29) is 34.1 Å². The lowest BCUT2D eigenvalue weighted by molar-refractivity contribution is -0.139. The molecule has 0 heterocycles. The van der Waals surface area contributed by atoms with Crippen molar-refractivity contribution in [1.29, 1.82) is 0 Å². The molecule has 0 bridgehead atoms. The molecule has 0 fully saturated rings. The molecule has 2 atom stereocenters. The highest BCUT2D eigenvalue weighted by molar-refractivity contribution is 7.92. The van der Waals surface area contributed by atoms with E-state index in [1.165, 1.54) is 36.3 Å². The van der Waals surface area contributed by atoms with Crippen molar-refractivity contribution in [2.24, 2.45) is 0 Å². The third-order valence-electron chi connectivity index (χ3n) is 6.96. The van der Waals surface area contributed by atoms with E-state index in [2.05, 4.69) is 5.32 Å². The minimum atomic E-state index is -4.19. The van der Waals surface area contributed by atoms with Gasteiger partial charge in [-0.15, -0.1) is 0 Å². The molecule has 2 amide bonds. The van der Waals surface area contributed by atoms with Gasteiger partial charge in [0.15, 0.2) is 0 Å². The summed E-state index contributed by atoms with van der Waals surface area (Å²) in [6.07, 6.45) is 1.23. The largest absolute Gasteiger partial charge is 0.495 e. The van der Waals surface area contributed by atoms with Gasteiger partial charge in [-0.2, -0.15) is 0 Å². The maximum absolute atomic E-state index is 14.0. The first-order valence-corrected chi connectivity index (χ1v) is 15.4. The predicted molar refractivity (Wildman–Crippen MR) is 163 cm³/mol. The number of nitrogens with one attached hydrogen (secondary N) is 1. The van der Waals surface area contributed by atoms with Gasteiger partial charge < -0.3 is 15.0 Å². The Bertz CT molecular complexity index is 1430. The van der Waals surface area contributed by atoms with Crippen molar-refractivity contribution in [3.05, 3.63) is 88.9 Å². The topological polar surface area (TPSA) is 96.0 Å². The molecule has 10 heteroatoms. The second kappa shape index (κ2) is 14.4. The highest BCUT2D eigenvalue weighted by atomic mass is 35.5. The van der Waals surface area contributed by atoms with Crippen LogP contribution in [0.3, 0.4) is 0 Å². The molecule has 8 nitrogen and oxygen atoms in total. The molecule has 3 aromatic carbocycles. The van der Waals surface area contributed by atoms with E-state index in [1.54, 1.807) is 25.1 Å². The normalized spacial score (nSPS) is 12.7. The van der Waals surface area contributed by atoms with Crippen molar-refractivity contribution in [2.75, 3.05) is 24.5 Å². The van der Waals surface area contributed by atoms with Crippen molar-refractivity contribution in [3.8, 4) is 5.75 Å². The SMILES string of the molecule is CC[C@@H](C)NC(=O)[C@H](C)N(CCc1ccccc1)C(=O)CN(c1ccc(OC)c(Cl)c1)S(=O)(=O)c1ccc(C)cc1. The van der Waals surface area contributed by atoms with Crippen LogP contribution in [0.15, 0.2) is 77.7 Å². The van der Waals surface area contributed by atoms with Gasteiger partial charge in [0.1, 0.15) is 18.3 Å². The molecule has 3 aromatic rings. The molecule has 0 aromatic heterocycles. The van der Waals surface area contributed by atoms with Crippen molar-refractivity contribution in [1.82, 2.24) is 10.2 Å². The van der Waals surface area contributed by atoms with E-state index < -0.39 is 28.5 Å². The molecule has 0 aliphatic rings. The average molecular weight is 600 g/mol. The van der Waals surface area contributed by atoms with Crippen LogP contribution in [0.1, 0.15) is 38.3 Å². The van der Waals surface area contributed by atoms with Crippen LogP contribution in [0.2, 0.25) is 5.02 Å². The Balaban J connectivity index is 2.01. The van der Waals surface area contributed by atoms with Crippen molar-refractivity contribution < 1.29 is 22.7 Å². The fraction of sp³-hybridized carbons (Fsp3) is 0.355. The third kappa shape index (κ3) is 8.24. The van der Waals surface area contributed by atoms with Gasteiger partial charge in [0.05, 0.1) is 22.7 Å². The van der Waals surface area contributed by atoms with Crippen LogP contribution < -0.4 is 14.4 Å². The van der Waals surface area contributed by atoms with E-state index in [0.29, 0.717) is 12.2 Å². The molecule has 0 unspecified atom stereocenters. The summed E-state index contributed by atoms with van der Waals surface area (Å²) in [6.45, 7) is 7.06. The number of halogens is 1. The first-order chi connectivity index (χ1) is 19.5. The fourth-order valence-corrected chi connectivity index (χ4v) is 5.87. The zero-order valence-corrected chi connectivity index (χ0v) is 25.7. The Morgan fingerprint density at radius 2 is 1.66 bits per heavy atom. The molecule has 3 rings (SSSR count).